The SMILES string of the molecule is C[C@H]1c2nn(C)c(=O)n2-c2ccnc(NC(=O)C3CC3)c2N1C. The van der Waals surface area contributed by atoms with Crippen LogP contribution in [-0.2, 0) is 11.8 Å². The van der Waals surface area contributed by atoms with E-state index in [1.54, 1.807) is 23.9 Å². The molecule has 23 heavy (non-hydrogen) atoms. The normalized spacial score (nSPS) is 19.3. The van der Waals surface area contributed by atoms with E-state index in [0.29, 0.717) is 17.3 Å². The molecule has 0 saturated heterocycles. The van der Waals surface area contributed by atoms with E-state index >= 15 is 0 Å². The molecule has 0 radical (unpaired) electrons. The molecule has 1 saturated carbocycles. The summed E-state index contributed by atoms with van der Waals surface area (Å²) in [7, 11) is 3.55. The zero-order valence-corrected chi connectivity index (χ0v) is 13.3. The second-order valence-electron chi connectivity index (χ2n) is 6.18. The molecule has 8 heteroatoms. The van der Waals surface area contributed by atoms with Crippen molar-refractivity contribution in [3.63, 3.8) is 0 Å². The van der Waals surface area contributed by atoms with Gasteiger partial charge in [0, 0.05) is 26.2 Å². The molecule has 1 amide bonds. The maximum Gasteiger partial charge on any atom is 0.350 e. The third kappa shape index (κ3) is 1.97. The van der Waals surface area contributed by atoms with Gasteiger partial charge in [0.15, 0.2) is 11.6 Å². The molecule has 0 bridgehead atoms. The number of amides is 1. The average Bonchev–Trinajstić information content (AvgIpc) is 3.32. The van der Waals surface area contributed by atoms with E-state index in [-0.39, 0.29) is 23.6 Å². The number of pyridine rings is 1. The van der Waals surface area contributed by atoms with Crippen LogP contribution in [0.2, 0.25) is 0 Å². The van der Waals surface area contributed by atoms with Gasteiger partial charge >= 0.3 is 5.69 Å². The van der Waals surface area contributed by atoms with Gasteiger partial charge in [-0.3, -0.25) is 4.79 Å². The Kier molecular flexibility index (Phi) is 2.84. The number of nitrogens with zero attached hydrogens (tertiary/aromatic N) is 5. The van der Waals surface area contributed by atoms with Crippen LogP contribution in [-0.4, -0.2) is 32.3 Å². The Morgan fingerprint density at radius 1 is 1.35 bits per heavy atom. The van der Waals surface area contributed by atoms with Crippen molar-refractivity contribution in [3.8, 4) is 5.69 Å². The van der Waals surface area contributed by atoms with Gasteiger partial charge < -0.3 is 10.2 Å². The van der Waals surface area contributed by atoms with Crippen molar-refractivity contribution in [1.29, 1.82) is 0 Å². The molecule has 120 valence electrons. The summed E-state index contributed by atoms with van der Waals surface area (Å²) in [6.45, 7) is 1.97. The molecule has 8 nitrogen and oxygen atoms in total. The summed E-state index contributed by atoms with van der Waals surface area (Å²) in [4.78, 5) is 30.8. The van der Waals surface area contributed by atoms with Crippen LogP contribution in [0.1, 0.15) is 31.6 Å². The number of carbonyl (C=O) groups is 1. The van der Waals surface area contributed by atoms with Gasteiger partial charge in [-0.05, 0) is 25.8 Å². The van der Waals surface area contributed by atoms with Gasteiger partial charge in [-0.25, -0.2) is 19.0 Å². The molecule has 1 N–H and O–H groups in total. The summed E-state index contributed by atoms with van der Waals surface area (Å²) in [5, 5.41) is 7.23. The molecule has 3 heterocycles. The molecule has 1 aliphatic carbocycles. The second-order valence-corrected chi connectivity index (χ2v) is 6.18. The van der Waals surface area contributed by atoms with E-state index in [1.807, 2.05) is 18.9 Å². The number of hydrogen-bond donors (Lipinski definition) is 1. The number of carbonyl (C=O) groups excluding carboxylic acids is 1. The Hall–Kier alpha value is -2.64. The molecule has 4 rings (SSSR count). The van der Waals surface area contributed by atoms with Gasteiger partial charge in [-0.15, -0.1) is 0 Å². The molecule has 2 aliphatic rings. The number of nitrogens with one attached hydrogen (secondary N) is 1. The standard InChI is InChI=1S/C15H18N6O2/c1-8-13-18-20(3)15(23)21(13)10-6-7-16-12(11(10)19(8)2)17-14(22)9-4-5-9/h6-9H,4-5H2,1-3H3,(H,16,17,22)/t8-/m0/s1. The minimum Gasteiger partial charge on any atom is -0.360 e. The Morgan fingerprint density at radius 3 is 2.78 bits per heavy atom. The third-order valence-electron chi connectivity index (χ3n) is 4.59. The fraction of sp³-hybridized carbons (Fsp3) is 0.467. The number of fused-ring (bicyclic) bond motifs is 3. The van der Waals surface area contributed by atoms with E-state index in [4.69, 9.17) is 0 Å². The van der Waals surface area contributed by atoms with Gasteiger partial charge in [0.05, 0.1) is 11.7 Å². The lowest BCUT2D eigenvalue weighted by Crippen LogP contribution is -2.34. The lowest BCUT2D eigenvalue weighted by molar-refractivity contribution is -0.117. The van der Waals surface area contributed by atoms with E-state index in [9.17, 15) is 9.59 Å². The number of aryl methyl sites for hydroxylation is 1. The van der Waals surface area contributed by atoms with Crippen LogP contribution in [0.4, 0.5) is 11.5 Å². The first-order chi connectivity index (χ1) is 11.0. The van der Waals surface area contributed by atoms with Gasteiger partial charge in [0.1, 0.15) is 5.69 Å². The topological polar surface area (TPSA) is 85.0 Å². The monoisotopic (exact) mass is 314 g/mol. The van der Waals surface area contributed by atoms with Crippen LogP contribution < -0.4 is 15.9 Å². The van der Waals surface area contributed by atoms with Crippen LogP contribution in [0, 0.1) is 5.92 Å². The quantitative estimate of drug-likeness (QED) is 0.887. The summed E-state index contributed by atoms with van der Waals surface area (Å²) in [5.41, 5.74) is 1.24. The number of rotatable bonds is 2. The Labute approximate surface area is 132 Å². The van der Waals surface area contributed by atoms with Crippen LogP contribution in [0.15, 0.2) is 17.1 Å². The molecular formula is C15H18N6O2. The summed E-state index contributed by atoms with van der Waals surface area (Å²) in [6.07, 6.45) is 3.47. The highest BCUT2D eigenvalue weighted by Crippen LogP contribution is 2.40. The van der Waals surface area contributed by atoms with Crippen LogP contribution in [0.5, 0.6) is 0 Å². The van der Waals surface area contributed by atoms with Crippen molar-refractivity contribution >= 4 is 17.4 Å². The first-order valence-electron chi connectivity index (χ1n) is 7.68. The van der Waals surface area contributed by atoms with Crippen molar-refractivity contribution in [2.24, 2.45) is 13.0 Å². The van der Waals surface area contributed by atoms with Gasteiger partial charge in [0.2, 0.25) is 5.91 Å². The molecule has 0 unspecified atom stereocenters. The Morgan fingerprint density at radius 2 is 2.09 bits per heavy atom. The van der Waals surface area contributed by atoms with Gasteiger partial charge in [-0.2, -0.15) is 5.10 Å². The van der Waals surface area contributed by atoms with Crippen molar-refractivity contribution in [1.82, 2.24) is 19.3 Å². The summed E-state index contributed by atoms with van der Waals surface area (Å²) < 4.78 is 2.92. The van der Waals surface area contributed by atoms with Gasteiger partial charge in [0.25, 0.3) is 0 Å². The zero-order chi connectivity index (χ0) is 16.3. The highest BCUT2D eigenvalue weighted by atomic mass is 16.2. The van der Waals surface area contributed by atoms with Crippen LogP contribution in [0.3, 0.4) is 0 Å². The summed E-state index contributed by atoms with van der Waals surface area (Å²) in [5.74, 6) is 1.26. The molecule has 1 aliphatic heterocycles. The van der Waals surface area contributed by atoms with Gasteiger partial charge in [-0.1, -0.05) is 0 Å². The highest BCUT2D eigenvalue weighted by molar-refractivity contribution is 5.97. The second kappa shape index (κ2) is 4.68. The zero-order valence-electron chi connectivity index (χ0n) is 13.3. The molecule has 0 aromatic carbocycles. The van der Waals surface area contributed by atoms with E-state index < -0.39 is 0 Å². The minimum atomic E-state index is -0.202. The molecule has 1 fully saturated rings. The lowest BCUT2D eigenvalue weighted by atomic mass is 10.1. The maximum absolute atomic E-state index is 12.4. The van der Waals surface area contributed by atoms with Crippen LogP contribution >= 0.6 is 0 Å². The number of hydrogen-bond acceptors (Lipinski definition) is 5. The van der Waals surface area contributed by atoms with Crippen molar-refractivity contribution < 1.29 is 4.79 Å². The Balaban J connectivity index is 1.89. The summed E-state index contributed by atoms with van der Waals surface area (Å²) >= 11 is 0. The number of aromatic nitrogens is 4. The van der Waals surface area contributed by atoms with Crippen molar-refractivity contribution in [3.05, 3.63) is 28.6 Å². The predicted molar refractivity (Wildman–Crippen MR) is 84.8 cm³/mol. The average molecular weight is 314 g/mol. The molecule has 1 atom stereocenters. The van der Waals surface area contributed by atoms with Crippen molar-refractivity contribution in [2.45, 2.75) is 25.8 Å². The highest BCUT2D eigenvalue weighted by Gasteiger charge is 2.35. The fourth-order valence-electron chi connectivity index (χ4n) is 2.98. The maximum atomic E-state index is 12.4. The molecule has 2 aromatic rings. The largest absolute Gasteiger partial charge is 0.360 e. The van der Waals surface area contributed by atoms with E-state index in [2.05, 4.69) is 15.4 Å². The lowest BCUT2D eigenvalue weighted by Gasteiger charge is -2.34. The fourth-order valence-corrected chi connectivity index (χ4v) is 2.98. The first kappa shape index (κ1) is 14.0. The molecule has 2 aromatic heterocycles. The predicted octanol–water partition coefficient (Wildman–Crippen LogP) is 0.825. The third-order valence-corrected chi connectivity index (χ3v) is 4.59. The number of anilines is 2. The van der Waals surface area contributed by atoms with Crippen LogP contribution in [0.25, 0.3) is 5.69 Å². The Bertz CT molecular complexity index is 863. The molecule has 0 spiro atoms. The van der Waals surface area contributed by atoms with E-state index in [1.165, 1.54) is 4.68 Å². The first-order valence-corrected chi connectivity index (χ1v) is 7.68. The van der Waals surface area contributed by atoms with E-state index in [0.717, 1.165) is 18.5 Å². The summed E-state index contributed by atoms with van der Waals surface area (Å²) in [6, 6.07) is 1.68. The molecular weight excluding hydrogens is 296 g/mol. The van der Waals surface area contributed by atoms with Crippen molar-refractivity contribution in [2.75, 3.05) is 17.3 Å². The minimum absolute atomic E-state index is 0.00344. The smallest absolute Gasteiger partial charge is 0.350 e.